The van der Waals surface area contributed by atoms with E-state index in [4.69, 9.17) is 4.74 Å². The van der Waals surface area contributed by atoms with Crippen molar-refractivity contribution in [2.75, 3.05) is 12.4 Å². The second-order valence-corrected chi connectivity index (χ2v) is 5.86. The third kappa shape index (κ3) is 3.29. The van der Waals surface area contributed by atoms with Gasteiger partial charge in [-0.05, 0) is 30.2 Å². The lowest BCUT2D eigenvalue weighted by atomic mass is 10.2. The van der Waals surface area contributed by atoms with E-state index in [0.717, 1.165) is 23.7 Å². The largest absolute Gasteiger partial charge is 0.481 e. The highest BCUT2D eigenvalue weighted by molar-refractivity contribution is 5.75. The first kappa shape index (κ1) is 16.9. The molecule has 0 radical (unpaired) electrons. The average molecular weight is 364 g/mol. The molecule has 4 aromatic heterocycles. The molecule has 0 bridgehead atoms. The fraction of sp³-hybridized carbons (Fsp3) is 0.158. The SMILES string of the molecule is CCc1cc2c(Nc3ccncc3F)nc(-c3cccc(OC)n3)nn2c1. The number of nitrogens with one attached hydrogen (secondary N) is 1. The van der Waals surface area contributed by atoms with Crippen molar-refractivity contribution in [2.24, 2.45) is 0 Å². The minimum atomic E-state index is -0.461. The Bertz CT molecular complexity index is 1110. The van der Waals surface area contributed by atoms with Crippen LogP contribution in [0.25, 0.3) is 17.0 Å². The van der Waals surface area contributed by atoms with Gasteiger partial charge in [0, 0.05) is 18.5 Å². The lowest BCUT2D eigenvalue weighted by molar-refractivity contribution is 0.398. The number of aromatic nitrogens is 5. The molecule has 4 aromatic rings. The van der Waals surface area contributed by atoms with Crippen LogP contribution in [0.5, 0.6) is 5.88 Å². The summed E-state index contributed by atoms with van der Waals surface area (Å²) in [6.07, 6.45) is 5.44. The molecule has 4 heterocycles. The molecular formula is C19H17FN6O. The molecular weight excluding hydrogens is 347 g/mol. The van der Waals surface area contributed by atoms with Crippen LogP contribution in [0, 0.1) is 5.82 Å². The van der Waals surface area contributed by atoms with E-state index in [1.165, 1.54) is 6.20 Å². The number of nitrogens with zero attached hydrogens (tertiary/aromatic N) is 5. The van der Waals surface area contributed by atoms with Gasteiger partial charge in [-0.3, -0.25) is 4.98 Å². The molecule has 0 aliphatic rings. The summed E-state index contributed by atoms with van der Waals surface area (Å²) in [4.78, 5) is 12.7. The fourth-order valence-electron chi connectivity index (χ4n) is 2.70. The zero-order valence-corrected chi connectivity index (χ0v) is 14.8. The highest BCUT2D eigenvalue weighted by Crippen LogP contribution is 2.26. The molecule has 136 valence electrons. The number of anilines is 2. The smallest absolute Gasteiger partial charge is 0.213 e. The van der Waals surface area contributed by atoms with Gasteiger partial charge in [0.05, 0.1) is 19.0 Å². The number of hydrogen-bond donors (Lipinski definition) is 1. The molecule has 0 aromatic carbocycles. The summed E-state index contributed by atoms with van der Waals surface area (Å²) < 4.78 is 21.0. The van der Waals surface area contributed by atoms with Gasteiger partial charge < -0.3 is 10.1 Å². The molecule has 4 rings (SSSR count). The quantitative estimate of drug-likeness (QED) is 0.583. The summed E-state index contributed by atoms with van der Waals surface area (Å²) in [6, 6.07) is 8.89. The van der Waals surface area contributed by atoms with E-state index in [0.29, 0.717) is 23.2 Å². The maximum Gasteiger partial charge on any atom is 0.213 e. The van der Waals surface area contributed by atoms with E-state index in [1.54, 1.807) is 29.8 Å². The molecule has 0 amide bonds. The van der Waals surface area contributed by atoms with Crippen LogP contribution in [-0.4, -0.2) is 31.7 Å². The highest BCUT2D eigenvalue weighted by atomic mass is 19.1. The number of halogens is 1. The molecule has 1 N–H and O–H groups in total. The number of fused-ring (bicyclic) bond motifs is 1. The molecule has 0 atom stereocenters. The molecule has 0 saturated carbocycles. The molecule has 0 aliphatic heterocycles. The summed E-state index contributed by atoms with van der Waals surface area (Å²) in [5, 5.41) is 7.60. The van der Waals surface area contributed by atoms with Crippen molar-refractivity contribution in [1.82, 2.24) is 24.6 Å². The Balaban J connectivity index is 1.87. The molecule has 0 aliphatic carbocycles. The molecule has 0 fully saturated rings. The van der Waals surface area contributed by atoms with Crippen molar-refractivity contribution in [2.45, 2.75) is 13.3 Å². The Kier molecular flexibility index (Phi) is 4.37. The van der Waals surface area contributed by atoms with Crippen molar-refractivity contribution < 1.29 is 9.13 Å². The number of ether oxygens (including phenoxy) is 1. The van der Waals surface area contributed by atoms with Gasteiger partial charge in [0.1, 0.15) is 11.2 Å². The normalized spacial score (nSPS) is 10.9. The van der Waals surface area contributed by atoms with E-state index in [1.807, 2.05) is 18.3 Å². The van der Waals surface area contributed by atoms with Crippen LogP contribution in [0.15, 0.2) is 48.9 Å². The molecule has 0 unspecified atom stereocenters. The topological polar surface area (TPSA) is 77.2 Å². The highest BCUT2D eigenvalue weighted by Gasteiger charge is 2.14. The van der Waals surface area contributed by atoms with Gasteiger partial charge in [-0.1, -0.05) is 13.0 Å². The van der Waals surface area contributed by atoms with E-state index >= 15 is 0 Å². The molecule has 8 heteroatoms. The fourth-order valence-corrected chi connectivity index (χ4v) is 2.70. The maximum atomic E-state index is 14.1. The zero-order valence-electron chi connectivity index (χ0n) is 14.8. The predicted molar refractivity (Wildman–Crippen MR) is 99.6 cm³/mol. The third-order valence-corrected chi connectivity index (χ3v) is 4.12. The van der Waals surface area contributed by atoms with E-state index in [9.17, 15) is 4.39 Å². The first-order valence-electron chi connectivity index (χ1n) is 8.45. The van der Waals surface area contributed by atoms with Crippen LogP contribution in [0.1, 0.15) is 12.5 Å². The Hall–Kier alpha value is -3.55. The second kappa shape index (κ2) is 6.99. The van der Waals surface area contributed by atoms with Crippen LogP contribution >= 0.6 is 0 Å². The summed E-state index contributed by atoms with van der Waals surface area (Å²) in [5.41, 5.74) is 2.68. The monoisotopic (exact) mass is 364 g/mol. The summed E-state index contributed by atoms with van der Waals surface area (Å²) >= 11 is 0. The van der Waals surface area contributed by atoms with E-state index in [2.05, 4.69) is 32.3 Å². The number of aryl methyl sites for hydroxylation is 1. The molecule has 0 spiro atoms. The minimum Gasteiger partial charge on any atom is -0.481 e. The Morgan fingerprint density at radius 2 is 2.11 bits per heavy atom. The number of rotatable bonds is 5. The number of hydrogen-bond acceptors (Lipinski definition) is 6. The standard InChI is InChI=1S/C19H17FN6O/c1-3-12-9-16-19(23-14-7-8-21-10-13(14)20)24-18(25-26(16)11-12)15-5-4-6-17(22-15)27-2/h4-11H,3H2,1-2H3,(H,21,23,24,25). The van der Waals surface area contributed by atoms with Gasteiger partial charge in [-0.25, -0.2) is 18.9 Å². The van der Waals surface area contributed by atoms with Crippen LogP contribution < -0.4 is 10.1 Å². The number of pyridine rings is 2. The molecule has 27 heavy (non-hydrogen) atoms. The molecule has 7 nitrogen and oxygen atoms in total. The lowest BCUT2D eigenvalue weighted by Gasteiger charge is -2.10. The van der Waals surface area contributed by atoms with Gasteiger partial charge >= 0.3 is 0 Å². The second-order valence-electron chi connectivity index (χ2n) is 5.86. The minimum absolute atomic E-state index is 0.286. The summed E-state index contributed by atoms with van der Waals surface area (Å²) in [5.74, 6) is 0.885. The number of methoxy groups -OCH3 is 1. The first-order valence-corrected chi connectivity index (χ1v) is 8.45. The van der Waals surface area contributed by atoms with Gasteiger partial charge in [0.25, 0.3) is 0 Å². The van der Waals surface area contributed by atoms with Crippen LogP contribution in [-0.2, 0) is 6.42 Å². The average Bonchev–Trinajstić information content (AvgIpc) is 3.13. The van der Waals surface area contributed by atoms with Crippen molar-refractivity contribution in [3.63, 3.8) is 0 Å². The van der Waals surface area contributed by atoms with Gasteiger partial charge in [-0.2, -0.15) is 0 Å². The Labute approximate surface area is 154 Å². The Morgan fingerprint density at radius 3 is 2.89 bits per heavy atom. The first-order chi connectivity index (χ1) is 13.2. The van der Waals surface area contributed by atoms with Crippen molar-refractivity contribution in [3.05, 3.63) is 60.3 Å². The summed E-state index contributed by atoms with van der Waals surface area (Å²) in [7, 11) is 1.55. The summed E-state index contributed by atoms with van der Waals surface area (Å²) in [6.45, 7) is 2.06. The van der Waals surface area contributed by atoms with Crippen LogP contribution in [0.4, 0.5) is 15.9 Å². The maximum absolute atomic E-state index is 14.1. The van der Waals surface area contributed by atoms with Gasteiger partial charge in [0.15, 0.2) is 11.6 Å². The third-order valence-electron chi connectivity index (χ3n) is 4.12. The van der Waals surface area contributed by atoms with Gasteiger partial charge in [-0.15, -0.1) is 5.10 Å². The predicted octanol–water partition coefficient (Wildman–Crippen LogP) is 3.64. The molecule has 0 saturated heterocycles. The zero-order chi connectivity index (χ0) is 18.8. The van der Waals surface area contributed by atoms with Gasteiger partial charge in [0.2, 0.25) is 11.7 Å². The lowest BCUT2D eigenvalue weighted by Crippen LogP contribution is -2.05. The van der Waals surface area contributed by atoms with Crippen molar-refractivity contribution >= 4 is 17.0 Å². The van der Waals surface area contributed by atoms with Crippen LogP contribution in [0.2, 0.25) is 0 Å². The van der Waals surface area contributed by atoms with E-state index < -0.39 is 5.82 Å². The van der Waals surface area contributed by atoms with Crippen LogP contribution in [0.3, 0.4) is 0 Å². The van der Waals surface area contributed by atoms with Crippen molar-refractivity contribution in [1.29, 1.82) is 0 Å². The van der Waals surface area contributed by atoms with Crippen molar-refractivity contribution in [3.8, 4) is 17.4 Å². The Morgan fingerprint density at radius 1 is 1.22 bits per heavy atom. The van der Waals surface area contributed by atoms with E-state index in [-0.39, 0.29) is 5.69 Å².